The number of rotatable bonds is 4. The fraction of sp³-hybridized carbons (Fsp3) is 0.176. The van der Waals surface area contributed by atoms with Gasteiger partial charge in [0.25, 0.3) is 0 Å². The second-order valence-corrected chi connectivity index (χ2v) is 4.07. The second-order valence-electron chi connectivity index (χ2n) is 4.07. The molecule has 88 valence electrons. The number of hydrogen-bond acceptors (Lipinski definition) is 0. The molecule has 1 aromatic rings. The molecule has 0 atom stereocenters. The third kappa shape index (κ3) is 4.28. The molecule has 0 saturated carbocycles. The molecule has 0 saturated heterocycles. The lowest BCUT2D eigenvalue weighted by Gasteiger charge is -1.99. The van der Waals surface area contributed by atoms with Gasteiger partial charge in [0.05, 0.1) is 0 Å². The van der Waals surface area contributed by atoms with Gasteiger partial charge in [-0.25, -0.2) is 0 Å². The van der Waals surface area contributed by atoms with E-state index in [9.17, 15) is 0 Å². The van der Waals surface area contributed by atoms with Crippen LogP contribution in [0.15, 0.2) is 72.4 Å². The zero-order chi connectivity index (χ0) is 12.7. The molecule has 0 aliphatic carbocycles. The van der Waals surface area contributed by atoms with E-state index in [4.69, 9.17) is 0 Å². The zero-order valence-electron chi connectivity index (χ0n) is 10.9. The Balaban J connectivity index is 2.71. The van der Waals surface area contributed by atoms with Gasteiger partial charge in [0.15, 0.2) is 0 Å². The highest BCUT2D eigenvalue weighted by atomic mass is 14.0. The molecule has 0 aliphatic heterocycles. The molecule has 1 rings (SSSR count). The Bertz CT molecular complexity index is 456. The molecule has 17 heavy (non-hydrogen) atoms. The van der Waals surface area contributed by atoms with Crippen molar-refractivity contribution in [2.75, 3.05) is 0 Å². The highest BCUT2D eigenvalue weighted by Crippen LogP contribution is 2.13. The Hall–Kier alpha value is -1.82. The van der Waals surface area contributed by atoms with Crippen LogP contribution in [0.2, 0.25) is 0 Å². The van der Waals surface area contributed by atoms with E-state index in [1.54, 1.807) is 0 Å². The van der Waals surface area contributed by atoms with Crippen molar-refractivity contribution in [3.05, 3.63) is 77.9 Å². The SMILES string of the molecule is C=C(C=CC=C(C)C(C)=CC)c1ccccc1. The Labute approximate surface area is 105 Å². The van der Waals surface area contributed by atoms with Gasteiger partial charge in [-0.15, -0.1) is 0 Å². The van der Waals surface area contributed by atoms with Crippen LogP contribution in [-0.4, -0.2) is 0 Å². The Kier molecular flexibility index (Phi) is 5.22. The summed E-state index contributed by atoms with van der Waals surface area (Å²) < 4.78 is 0. The van der Waals surface area contributed by atoms with E-state index < -0.39 is 0 Å². The Morgan fingerprint density at radius 3 is 2.29 bits per heavy atom. The van der Waals surface area contributed by atoms with E-state index in [-0.39, 0.29) is 0 Å². The fourth-order valence-electron chi connectivity index (χ4n) is 1.42. The van der Waals surface area contributed by atoms with Gasteiger partial charge in [-0.1, -0.05) is 66.8 Å². The molecule has 0 N–H and O–H groups in total. The lowest BCUT2D eigenvalue weighted by molar-refractivity contribution is 1.33. The molecule has 0 spiro atoms. The normalized spacial score (nSPS) is 13.1. The average Bonchev–Trinajstić information content (AvgIpc) is 2.38. The molecular formula is C17H20. The van der Waals surface area contributed by atoms with E-state index in [1.807, 2.05) is 24.3 Å². The summed E-state index contributed by atoms with van der Waals surface area (Å²) in [5, 5.41) is 0. The first-order valence-electron chi connectivity index (χ1n) is 5.87. The van der Waals surface area contributed by atoms with Crippen LogP contribution < -0.4 is 0 Å². The largest absolute Gasteiger partial charge is 0.0912 e. The smallest absolute Gasteiger partial charge is 0.0190 e. The maximum absolute atomic E-state index is 4.06. The minimum absolute atomic E-state index is 1.03. The highest BCUT2D eigenvalue weighted by molar-refractivity contribution is 5.72. The third-order valence-corrected chi connectivity index (χ3v) is 2.84. The van der Waals surface area contributed by atoms with Crippen LogP contribution in [-0.2, 0) is 0 Å². The minimum Gasteiger partial charge on any atom is -0.0912 e. The molecular weight excluding hydrogens is 204 g/mol. The quantitative estimate of drug-likeness (QED) is 0.619. The van der Waals surface area contributed by atoms with Crippen molar-refractivity contribution in [3.8, 4) is 0 Å². The predicted molar refractivity (Wildman–Crippen MR) is 77.8 cm³/mol. The van der Waals surface area contributed by atoms with Crippen molar-refractivity contribution < 1.29 is 0 Å². The lowest BCUT2D eigenvalue weighted by atomic mass is 10.1. The second kappa shape index (κ2) is 6.70. The van der Waals surface area contributed by atoms with Crippen molar-refractivity contribution in [1.29, 1.82) is 0 Å². The van der Waals surface area contributed by atoms with Gasteiger partial charge in [0, 0.05) is 0 Å². The maximum Gasteiger partial charge on any atom is -0.0190 e. The number of hydrogen-bond donors (Lipinski definition) is 0. The van der Waals surface area contributed by atoms with Crippen molar-refractivity contribution in [3.63, 3.8) is 0 Å². The first kappa shape index (κ1) is 13.2. The third-order valence-electron chi connectivity index (χ3n) is 2.84. The van der Waals surface area contributed by atoms with Crippen molar-refractivity contribution >= 4 is 5.57 Å². The molecule has 0 aliphatic rings. The van der Waals surface area contributed by atoms with E-state index in [0.717, 1.165) is 11.1 Å². The molecule has 0 radical (unpaired) electrons. The molecule has 0 nitrogen and oxygen atoms in total. The molecule has 0 heterocycles. The monoisotopic (exact) mass is 224 g/mol. The summed E-state index contributed by atoms with van der Waals surface area (Å²) in [6, 6.07) is 10.2. The molecule has 0 aromatic heterocycles. The summed E-state index contributed by atoms with van der Waals surface area (Å²) in [4.78, 5) is 0. The summed E-state index contributed by atoms with van der Waals surface area (Å²) >= 11 is 0. The molecule has 0 unspecified atom stereocenters. The maximum atomic E-state index is 4.06. The lowest BCUT2D eigenvalue weighted by Crippen LogP contribution is -1.78. The topological polar surface area (TPSA) is 0 Å². The van der Waals surface area contributed by atoms with E-state index in [1.165, 1.54) is 11.1 Å². The van der Waals surface area contributed by atoms with E-state index in [2.05, 4.69) is 57.7 Å². The standard InChI is InChI=1S/C17H20/c1-5-14(2)15(3)10-9-11-16(4)17-12-7-6-8-13-17/h5-13H,4H2,1-3H3. The van der Waals surface area contributed by atoms with Crippen LogP contribution in [0, 0.1) is 0 Å². The van der Waals surface area contributed by atoms with Gasteiger partial charge < -0.3 is 0 Å². The summed E-state index contributed by atoms with van der Waals surface area (Å²) in [5.74, 6) is 0. The van der Waals surface area contributed by atoms with Crippen molar-refractivity contribution in [2.24, 2.45) is 0 Å². The minimum atomic E-state index is 1.03. The zero-order valence-corrected chi connectivity index (χ0v) is 10.9. The molecule has 0 bridgehead atoms. The van der Waals surface area contributed by atoms with Crippen LogP contribution in [0.3, 0.4) is 0 Å². The van der Waals surface area contributed by atoms with Gasteiger partial charge in [0.2, 0.25) is 0 Å². The summed E-state index contributed by atoms with van der Waals surface area (Å²) in [5.41, 5.74) is 4.79. The van der Waals surface area contributed by atoms with Crippen LogP contribution in [0.25, 0.3) is 5.57 Å². The predicted octanol–water partition coefficient (Wildman–Crippen LogP) is 5.17. The number of benzene rings is 1. The first-order valence-corrected chi connectivity index (χ1v) is 5.87. The highest BCUT2D eigenvalue weighted by Gasteiger charge is 1.92. The van der Waals surface area contributed by atoms with E-state index >= 15 is 0 Å². The Morgan fingerprint density at radius 2 is 1.71 bits per heavy atom. The summed E-state index contributed by atoms with van der Waals surface area (Å²) in [7, 11) is 0. The summed E-state index contributed by atoms with van der Waals surface area (Å²) in [6.07, 6.45) is 8.33. The van der Waals surface area contributed by atoms with E-state index in [0.29, 0.717) is 0 Å². The van der Waals surface area contributed by atoms with Crippen LogP contribution in [0.5, 0.6) is 0 Å². The van der Waals surface area contributed by atoms with Gasteiger partial charge in [-0.05, 0) is 37.5 Å². The first-order chi connectivity index (χ1) is 8.15. The summed E-state index contributed by atoms with van der Waals surface area (Å²) in [6.45, 7) is 10.3. The molecule has 0 fully saturated rings. The van der Waals surface area contributed by atoms with Gasteiger partial charge in [-0.3, -0.25) is 0 Å². The van der Waals surface area contributed by atoms with Crippen LogP contribution >= 0.6 is 0 Å². The van der Waals surface area contributed by atoms with Gasteiger partial charge in [0.1, 0.15) is 0 Å². The van der Waals surface area contributed by atoms with Gasteiger partial charge >= 0.3 is 0 Å². The van der Waals surface area contributed by atoms with Crippen LogP contribution in [0.4, 0.5) is 0 Å². The Morgan fingerprint density at radius 1 is 1.06 bits per heavy atom. The molecule has 1 aromatic carbocycles. The molecule has 0 amide bonds. The average molecular weight is 224 g/mol. The van der Waals surface area contributed by atoms with Crippen LogP contribution in [0.1, 0.15) is 26.3 Å². The number of allylic oxidation sites excluding steroid dienone is 7. The van der Waals surface area contributed by atoms with Crippen molar-refractivity contribution in [2.45, 2.75) is 20.8 Å². The van der Waals surface area contributed by atoms with Gasteiger partial charge in [-0.2, -0.15) is 0 Å². The fourth-order valence-corrected chi connectivity index (χ4v) is 1.42. The molecule has 0 heteroatoms. The van der Waals surface area contributed by atoms with Crippen molar-refractivity contribution in [1.82, 2.24) is 0 Å².